The monoisotopic (exact) mass is 370 g/mol. The first-order valence-electron chi connectivity index (χ1n) is 7.11. The van der Waals surface area contributed by atoms with E-state index in [-0.39, 0.29) is 5.75 Å². The molecule has 0 amide bonds. The van der Waals surface area contributed by atoms with E-state index in [9.17, 15) is 17.6 Å². The number of pyridine rings is 1. The molecule has 0 saturated heterocycles. The lowest BCUT2D eigenvalue weighted by atomic mass is 10.0. The number of ether oxygens (including phenoxy) is 1. The average molecular weight is 371 g/mol. The fraction of sp³-hybridized carbons (Fsp3) is 0.118. The quantitative estimate of drug-likeness (QED) is 0.427. The number of rotatable bonds is 3. The van der Waals surface area contributed by atoms with Crippen molar-refractivity contribution in [1.82, 2.24) is 4.98 Å². The van der Waals surface area contributed by atoms with Crippen molar-refractivity contribution < 1.29 is 22.3 Å². The van der Waals surface area contributed by atoms with Gasteiger partial charge in [-0.05, 0) is 42.0 Å². The molecule has 2 aromatic rings. The summed E-state index contributed by atoms with van der Waals surface area (Å²) in [4.78, 5) is 5.44. The molecule has 1 aliphatic rings. The highest BCUT2D eigenvalue weighted by atomic mass is 35.5. The minimum Gasteiger partial charge on any atom is -0.406 e. The largest absolute Gasteiger partial charge is 0.573 e. The molecule has 0 aliphatic carbocycles. The molecule has 3 rings (SSSR count). The summed E-state index contributed by atoms with van der Waals surface area (Å²) in [6, 6.07) is 6.61. The Bertz CT molecular complexity index is 818. The molecule has 130 valence electrons. The Morgan fingerprint density at radius 2 is 1.84 bits per heavy atom. The highest BCUT2D eigenvalue weighted by molar-refractivity contribution is 6.28. The van der Waals surface area contributed by atoms with E-state index in [0.717, 1.165) is 6.20 Å². The van der Waals surface area contributed by atoms with Crippen molar-refractivity contribution in [3.8, 4) is 5.75 Å². The summed E-state index contributed by atoms with van der Waals surface area (Å²) in [6.45, 7) is 0. The summed E-state index contributed by atoms with van der Waals surface area (Å²) < 4.78 is 53.9. The van der Waals surface area contributed by atoms with Gasteiger partial charge in [0.1, 0.15) is 17.1 Å². The number of aromatic nitrogens is 1. The van der Waals surface area contributed by atoms with Gasteiger partial charge >= 0.3 is 6.36 Å². The molecular formula is C17H11ClF4N2O. The normalized spacial score (nSPS) is 17.4. The second kappa shape index (κ2) is 6.76. The lowest BCUT2D eigenvalue weighted by Gasteiger charge is -2.30. The van der Waals surface area contributed by atoms with Gasteiger partial charge in [0, 0.05) is 23.6 Å². The van der Waals surface area contributed by atoms with Crippen LogP contribution in [0.15, 0.2) is 61.1 Å². The van der Waals surface area contributed by atoms with Gasteiger partial charge in [-0.2, -0.15) is 0 Å². The fourth-order valence-electron chi connectivity index (χ4n) is 2.38. The lowest BCUT2D eigenvalue weighted by Crippen LogP contribution is -2.28. The standard InChI is InChI=1S/C17H11ClF4N2O/c18-16-15(11-8-12(19)10-23-9-11)2-1-7-24(16)13-3-5-14(6-4-13)25-17(20,21)22/h1-10,16H. The molecule has 0 bridgehead atoms. The maximum atomic E-state index is 13.4. The Morgan fingerprint density at radius 1 is 1.12 bits per heavy atom. The van der Waals surface area contributed by atoms with Gasteiger partial charge in [-0.3, -0.25) is 4.98 Å². The zero-order chi connectivity index (χ0) is 18.0. The third-order valence-corrected chi connectivity index (χ3v) is 3.88. The van der Waals surface area contributed by atoms with Crippen molar-refractivity contribution in [2.45, 2.75) is 11.9 Å². The number of hydrogen-bond donors (Lipinski definition) is 0. The number of nitrogens with zero attached hydrogens (tertiary/aromatic N) is 2. The molecule has 8 heteroatoms. The van der Waals surface area contributed by atoms with Crippen LogP contribution < -0.4 is 9.64 Å². The molecule has 1 atom stereocenters. The second-order valence-electron chi connectivity index (χ2n) is 5.14. The number of halogens is 5. The van der Waals surface area contributed by atoms with Crippen LogP contribution in [0.5, 0.6) is 5.75 Å². The van der Waals surface area contributed by atoms with Gasteiger partial charge in [0.05, 0.1) is 6.20 Å². The van der Waals surface area contributed by atoms with Crippen LogP contribution in [0.25, 0.3) is 5.57 Å². The van der Waals surface area contributed by atoms with Crippen LogP contribution in [0.3, 0.4) is 0 Å². The molecule has 0 radical (unpaired) electrons. The van der Waals surface area contributed by atoms with E-state index in [1.165, 1.54) is 36.5 Å². The van der Waals surface area contributed by atoms with Gasteiger partial charge in [-0.1, -0.05) is 17.7 Å². The van der Waals surface area contributed by atoms with Gasteiger partial charge < -0.3 is 9.64 Å². The summed E-state index contributed by atoms with van der Waals surface area (Å²) in [5, 5.41) is 0. The summed E-state index contributed by atoms with van der Waals surface area (Å²) in [5.41, 5.74) is 1.02. The molecule has 0 fully saturated rings. The summed E-state index contributed by atoms with van der Waals surface area (Å²) >= 11 is 6.46. The van der Waals surface area contributed by atoms with Crippen LogP contribution in [0.2, 0.25) is 0 Å². The molecule has 0 saturated carbocycles. The molecule has 0 spiro atoms. The number of benzene rings is 1. The van der Waals surface area contributed by atoms with Gasteiger partial charge in [0.15, 0.2) is 0 Å². The Labute approximate surface area is 145 Å². The molecule has 0 N–H and O–H groups in total. The third-order valence-electron chi connectivity index (χ3n) is 3.43. The van der Waals surface area contributed by atoms with Crippen molar-refractivity contribution in [2.75, 3.05) is 4.90 Å². The maximum Gasteiger partial charge on any atom is 0.573 e. The van der Waals surface area contributed by atoms with Crippen LogP contribution in [0, 0.1) is 5.82 Å². The van der Waals surface area contributed by atoms with Crippen LogP contribution in [-0.4, -0.2) is 16.8 Å². The van der Waals surface area contributed by atoms with Crippen molar-refractivity contribution in [2.24, 2.45) is 0 Å². The summed E-state index contributed by atoms with van der Waals surface area (Å²) in [6.07, 6.45) is 2.94. The van der Waals surface area contributed by atoms with E-state index in [0.29, 0.717) is 16.8 Å². The lowest BCUT2D eigenvalue weighted by molar-refractivity contribution is -0.274. The van der Waals surface area contributed by atoms with E-state index in [1.807, 2.05) is 0 Å². The summed E-state index contributed by atoms with van der Waals surface area (Å²) in [5.74, 6) is -0.814. The van der Waals surface area contributed by atoms with E-state index in [4.69, 9.17) is 11.6 Å². The topological polar surface area (TPSA) is 25.4 Å². The highest BCUT2D eigenvalue weighted by Gasteiger charge is 2.31. The Kier molecular flexibility index (Phi) is 4.67. The van der Waals surface area contributed by atoms with E-state index in [1.54, 1.807) is 23.3 Å². The number of allylic oxidation sites excluding steroid dienone is 2. The zero-order valence-corrected chi connectivity index (χ0v) is 13.3. The Morgan fingerprint density at radius 3 is 2.48 bits per heavy atom. The number of alkyl halides is 4. The van der Waals surface area contributed by atoms with Crippen LogP contribution in [-0.2, 0) is 0 Å². The molecule has 1 aliphatic heterocycles. The molecule has 1 unspecified atom stereocenters. The summed E-state index contributed by atoms with van der Waals surface area (Å²) in [7, 11) is 0. The molecule has 1 aromatic carbocycles. The SMILES string of the molecule is Fc1cncc(C2=CC=CN(c3ccc(OC(F)(F)F)cc3)C2Cl)c1. The average Bonchev–Trinajstić information content (AvgIpc) is 2.54. The van der Waals surface area contributed by atoms with Crippen molar-refractivity contribution in [1.29, 1.82) is 0 Å². The first-order chi connectivity index (χ1) is 11.8. The highest BCUT2D eigenvalue weighted by Crippen LogP contribution is 2.34. The molecule has 2 heterocycles. The molecule has 3 nitrogen and oxygen atoms in total. The van der Waals surface area contributed by atoms with Gasteiger partial charge in [-0.25, -0.2) is 4.39 Å². The minimum absolute atomic E-state index is 0.326. The predicted octanol–water partition coefficient (Wildman–Crippen LogP) is 5.10. The second-order valence-corrected chi connectivity index (χ2v) is 5.55. The van der Waals surface area contributed by atoms with Crippen LogP contribution >= 0.6 is 11.6 Å². The number of hydrogen-bond acceptors (Lipinski definition) is 3. The first kappa shape index (κ1) is 17.3. The molecule has 1 aromatic heterocycles. The fourth-order valence-corrected chi connectivity index (χ4v) is 2.76. The zero-order valence-electron chi connectivity index (χ0n) is 12.5. The maximum absolute atomic E-state index is 13.4. The van der Waals surface area contributed by atoms with E-state index in [2.05, 4.69) is 9.72 Å². The predicted molar refractivity (Wildman–Crippen MR) is 86.6 cm³/mol. The molecular weight excluding hydrogens is 360 g/mol. The van der Waals surface area contributed by atoms with Gasteiger partial charge in [0.25, 0.3) is 0 Å². The minimum atomic E-state index is -4.75. The number of anilines is 1. The smallest absolute Gasteiger partial charge is 0.406 e. The van der Waals surface area contributed by atoms with E-state index < -0.39 is 17.7 Å². The van der Waals surface area contributed by atoms with Crippen molar-refractivity contribution >= 4 is 22.9 Å². The first-order valence-corrected chi connectivity index (χ1v) is 7.55. The molecule has 25 heavy (non-hydrogen) atoms. The van der Waals surface area contributed by atoms with Gasteiger partial charge in [0.2, 0.25) is 0 Å². The van der Waals surface area contributed by atoms with Crippen LogP contribution in [0.4, 0.5) is 23.2 Å². The van der Waals surface area contributed by atoms with Crippen molar-refractivity contribution in [3.05, 3.63) is 72.5 Å². The Hall–Kier alpha value is -2.54. The Balaban J connectivity index is 1.82. The third kappa shape index (κ3) is 4.11. The van der Waals surface area contributed by atoms with E-state index >= 15 is 0 Å². The van der Waals surface area contributed by atoms with Crippen LogP contribution in [0.1, 0.15) is 5.56 Å². The van der Waals surface area contributed by atoms with Gasteiger partial charge in [-0.15, -0.1) is 13.2 Å². The van der Waals surface area contributed by atoms with Crippen molar-refractivity contribution in [3.63, 3.8) is 0 Å².